The van der Waals surface area contributed by atoms with Crippen LogP contribution >= 0.6 is 0 Å². The van der Waals surface area contributed by atoms with Crippen molar-refractivity contribution in [1.82, 2.24) is 5.16 Å². The fraction of sp³-hybridized carbons (Fsp3) is 0.412. The molecule has 3 rings (SSSR count). The first-order valence-corrected chi connectivity index (χ1v) is 11.1. The highest BCUT2D eigenvalue weighted by Crippen LogP contribution is 2.42. The second-order valence-corrected chi connectivity index (χ2v) is 9.00. The predicted molar refractivity (Wildman–Crippen MR) is 93.9 cm³/mol. The van der Waals surface area contributed by atoms with Crippen molar-refractivity contribution in [2.75, 3.05) is 12.5 Å². The molecule has 0 radical (unpaired) electrons. The number of benzene rings is 1. The minimum absolute atomic E-state index is 0.150. The number of nitrogens with zero attached hydrogens (tertiary/aromatic N) is 1. The predicted octanol–water partition coefficient (Wildman–Crippen LogP) is 2.54. The van der Waals surface area contributed by atoms with Crippen LogP contribution in [-0.4, -0.2) is 32.6 Å². The molecule has 1 fully saturated rings. The Morgan fingerprint density at radius 1 is 1.21 bits per heavy atom. The number of rotatable bonds is 7. The van der Waals surface area contributed by atoms with E-state index in [1.165, 1.54) is 6.20 Å². The molecule has 1 heterocycles. The van der Waals surface area contributed by atoms with Gasteiger partial charge in [0.2, 0.25) is 0 Å². The quantitative estimate of drug-likeness (QED) is 0.556. The molecule has 5 nitrogen and oxygen atoms in total. The molecule has 128 valence electrons. The summed E-state index contributed by atoms with van der Waals surface area (Å²) < 4.78 is 28.4. The summed E-state index contributed by atoms with van der Waals surface area (Å²) in [6.07, 6.45) is 6.74. The molecule has 0 bridgehead atoms. The van der Waals surface area contributed by atoms with Crippen LogP contribution in [0.3, 0.4) is 0 Å². The molecule has 0 spiro atoms. The van der Waals surface area contributed by atoms with Gasteiger partial charge in [0.15, 0.2) is 11.5 Å². The molecule has 2 unspecified atom stereocenters. The van der Waals surface area contributed by atoms with Gasteiger partial charge in [-0.25, -0.2) is 0 Å². The van der Waals surface area contributed by atoms with Gasteiger partial charge in [-0.2, -0.15) is 0 Å². The number of aromatic nitrogens is 1. The topological polar surface area (TPSA) is 89.2 Å². The maximum Gasteiger partial charge on any atom is 0.198 e. The van der Waals surface area contributed by atoms with Crippen molar-refractivity contribution in [3.8, 4) is 0 Å². The van der Waals surface area contributed by atoms with E-state index in [0.29, 0.717) is 28.2 Å². The highest BCUT2D eigenvalue weighted by molar-refractivity contribution is 7.90. The van der Waals surface area contributed by atoms with Gasteiger partial charge in [-0.1, -0.05) is 39.6 Å². The van der Waals surface area contributed by atoms with Gasteiger partial charge in [0, 0.05) is 22.6 Å². The number of hydrogen-bond acceptors (Lipinski definition) is 5. The summed E-state index contributed by atoms with van der Waals surface area (Å²) in [7, 11) is 0. The first-order valence-electron chi connectivity index (χ1n) is 7.67. The highest BCUT2D eigenvalue weighted by Gasteiger charge is 2.33. The molecule has 1 saturated carbocycles. The van der Waals surface area contributed by atoms with E-state index >= 15 is 0 Å². The lowest BCUT2D eigenvalue weighted by molar-refractivity contribution is 0.103. The lowest BCUT2D eigenvalue weighted by Crippen LogP contribution is -2.11. The van der Waals surface area contributed by atoms with Gasteiger partial charge >= 0.3 is 0 Å². The van der Waals surface area contributed by atoms with E-state index in [-0.39, 0.29) is 17.5 Å². The van der Waals surface area contributed by atoms with Crippen LogP contribution in [0.25, 0.3) is 0 Å². The van der Waals surface area contributed by atoms with Crippen LogP contribution in [0, 0.1) is 0 Å². The average molecular weight is 365 g/mol. The first-order chi connectivity index (χ1) is 11.5. The minimum atomic E-state index is -1.08. The zero-order valence-corrected chi connectivity index (χ0v) is 15.2. The first kappa shape index (κ1) is 17.5. The van der Waals surface area contributed by atoms with Gasteiger partial charge in [0.25, 0.3) is 0 Å². The Hall–Kier alpha value is -1.28. The molecule has 1 aliphatic rings. The summed E-state index contributed by atoms with van der Waals surface area (Å²) in [6, 6.07) is 5.37. The smallest absolute Gasteiger partial charge is 0.198 e. The van der Waals surface area contributed by atoms with Gasteiger partial charge in [-0.05, 0) is 18.9 Å². The standard InChI is InChI=1S/C17H19NO4S2/c1-23(20)9-11-3-6-14(13(7-11)10-24(2)21)16(19)15-8-18-22-17(15)12-4-5-12/h3,6-8,12H,4-5,9-10H2,1-2H3. The van der Waals surface area contributed by atoms with E-state index in [0.717, 1.165) is 18.4 Å². The molecule has 24 heavy (non-hydrogen) atoms. The molecule has 0 amide bonds. The number of ketones is 1. The van der Waals surface area contributed by atoms with Gasteiger partial charge in [-0.3, -0.25) is 4.79 Å². The second kappa shape index (κ2) is 7.31. The Kier molecular flexibility index (Phi) is 5.34. The molecular formula is C17H19NO4S2. The monoisotopic (exact) mass is 365 g/mol. The van der Waals surface area contributed by atoms with E-state index in [1.54, 1.807) is 24.6 Å². The zero-order chi connectivity index (χ0) is 17.3. The highest BCUT2D eigenvalue weighted by atomic mass is 32.2. The molecule has 0 N–H and O–H groups in total. The molecule has 7 heteroatoms. The second-order valence-electron chi connectivity index (χ2n) is 6.13. The largest absolute Gasteiger partial charge is 0.616 e. The summed E-state index contributed by atoms with van der Waals surface area (Å²) in [6.45, 7) is 0. The van der Waals surface area contributed by atoms with E-state index in [4.69, 9.17) is 4.52 Å². The maximum absolute atomic E-state index is 12.9. The Bertz CT molecular complexity index is 738. The van der Waals surface area contributed by atoms with E-state index in [2.05, 4.69) is 5.16 Å². The third-order valence-corrected chi connectivity index (χ3v) is 5.39. The fourth-order valence-electron chi connectivity index (χ4n) is 2.74. The van der Waals surface area contributed by atoms with Crippen molar-refractivity contribution in [2.24, 2.45) is 0 Å². The summed E-state index contributed by atoms with van der Waals surface area (Å²) in [4.78, 5) is 12.9. The van der Waals surface area contributed by atoms with Crippen molar-refractivity contribution in [3.05, 3.63) is 52.4 Å². The fourth-order valence-corrected chi connectivity index (χ4v) is 4.06. The normalized spacial score (nSPS) is 16.8. The van der Waals surface area contributed by atoms with Crippen molar-refractivity contribution in [3.63, 3.8) is 0 Å². The van der Waals surface area contributed by atoms with Gasteiger partial charge in [0.1, 0.15) is 11.5 Å². The van der Waals surface area contributed by atoms with E-state index < -0.39 is 22.4 Å². The molecule has 1 aliphatic carbocycles. The lowest BCUT2D eigenvalue weighted by Gasteiger charge is -2.12. The Labute approximate surface area is 147 Å². The summed E-state index contributed by atoms with van der Waals surface area (Å²) in [5.74, 6) is 1.50. The van der Waals surface area contributed by atoms with Crippen molar-refractivity contribution >= 4 is 28.1 Å². The molecule has 0 saturated heterocycles. The van der Waals surface area contributed by atoms with Crippen LogP contribution in [-0.2, 0) is 33.9 Å². The average Bonchev–Trinajstić information content (AvgIpc) is 3.23. The van der Waals surface area contributed by atoms with Crippen LogP contribution in [0.1, 0.15) is 51.6 Å². The Morgan fingerprint density at radius 2 is 1.92 bits per heavy atom. The molecule has 2 aromatic rings. The van der Waals surface area contributed by atoms with Crippen LogP contribution in [0.5, 0.6) is 0 Å². The molecule has 1 aromatic carbocycles. The summed E-state index contributed by atoms with van der Waals surface area (Å²) in [5.41, 5.74) is 2.60. The summed E-state index contributed by atoms with van der Waals surface area (Å²) >= 11 is -2.05. The van der Waals surface area contributed by atoms with Gasteiger partial charge in [0.05, 0.1) is 24.3 Å². The van der Waals surface area contributed by atoms with E-state index in [1.807, 2.05) is 6.07 Å². The van der Waals surface area contributed by atoms with Crippen LogP contribution in [0.2, 0.25) is 0 Å². The Morgan fingerprint density at radius 3 is 2.54 bits per heavy atom. The van der Waals surface area contributed by atoms with E-state index in [9.17, 15) is 13.9 Å². The summed E-state index contributed by atoms with van der Waals surface area (Å²) in [5, 5.41) is 3.78. The van der Waals surface area contributed by atoms with Crippen LogP contribution in [0.4, 0.5) is 0 Å². The Balaban J connectivity index is 1.95. The van der Waals surface area contributed by atoms with Gasteiger partial charge in [-0.15, -0.1) is 0 Å². The molecular weight excluding hydrogens is 346 g/mol. The molecule has 0 aliphatic heterocycles. The van der Waals surface area contributed by atoms with Crippen molar-refractivity contribution < 1.29 is 18.4 Å². The number of carbonyl (C=O) groups is 1. The zero-order valence-electron chi connectivity index (χ0n) is 13.6. The number of carbonyl (C=O) groups excluding carboxylic acids is 1. The maximum atomic E-state index is 12.9. The lowest BCUT2D eigenvalue weighted by atomic mass is 9.97. The number of hydrogen-bond donors (Lipinski definition) is 0. The minimum Gasteiger partial charge on any atom is -0.616 e. The van der Waals surface area contributed by atoms with Crippen LogP contribution < -0.4 is 0 Å². The van der Waals surface area contributed by atoms with Crippen molar-refractivity contribution in [2.45, 2.75) is 30.3 Å². The third-order valence-electron chi connectivity index (χ3n) is 3.93. The third kappa shape index (κ3) is 4.03. The molecule has 1 aromatic heterocycles. The van der Waals surface area contributed by atoms with Crippen molar-refractivity contribution in [1.29, 1.82) is 0 Å². The SMILES string of the molecule is C[S+]([O-])Cc1ccc(C(=O)c2cnoc2C2CC2)c(C[S+](C)[O-])c1. The van der Waals surface area contributed by atoms with Crippen LogP contribution in [0.15, 0.2) is 28.9 Å². The van der Waals surface area contributed by atoms with Gasteiger partial charge < -0.3 is 13.6 Å². The molecule has 2 atom stereocenters.